The molecule has 0 saturated carbocycles. The molecule has 0 radical (unpaired) electrons. The molecule has 0 atom stereocenters. The van der Waals surface area contributed by atoms with Crippen LogP contribution < -0.4 is 0 Å². The van der Waals surface area contributed by atoms with Gasteiger partial charge in [-0.05, 0) is 0 Å². The average Bonchev–Trinajstić information content (AvgIpc) is 2.49. The maximum atomic E-state index is 10.3. The Morgan fingerprint density at radius 2 is 2.33 bits per heavy atom. The van der Waals surface area contributed by atoms with Gasteiger partial charge in [-0.15, -0.1) is 0 Å². The fourth-order valence-corrected chi connectivity index (χ4v) is 1.79. The second kappa shape index (κ2) is 2.62. The first-order chi connectivity index (χ1) is 5.77. The molecular formula is C5H2N4O2Se. The van der Waals surface area contributed by atoms with E-state index >= 15 is 0 Å². The Kier molecular flexibility index (Phi) is 1.60. The summed E-state index contributed by atoms with van der Waals surface area (Å²) in [6.45, 7) is 0. The zero-order valence-electron chi connectivity index (χ0n) is 5.67. The van der Waals surface area contributed by atoms with Gasteiger partial charge in [0.15, 0.2) is 0 Å². The molecule has 0 aliphatic heterocycles. The zero-order chi connectivity index (χ0) is 8.55. The van der Waals surface area contributed by atoms with Gasteiger partial charge in [0.2, 0.25) is 0 Å². The molecular weight excluding hydrogens is 227 g/mol. The van der Waals surface area contributed by atoms with Gasteiger partial charge < -0.3 is 0 Å². The number of nitrogens with zero attached hydrogens (tertiary/aromatic N) is 4. The van der Waals surface area contributed by atoms with Crippen LogP contribution in [0.15, 0.2) is 12.3 Å². The number of fused-ring (bicyclic) bond motifs is 1. The summed E-state index contributed by atoms with van der Waals surface area (Å²) in [7, 11) is 0. The Labute approximate surface area is 72.6 Å². The van der Waals surface area contributed by atoms with E-state index in [0.717, 1.165) is 0 Å². The third-order valence-electron chi connectivity index (χ3n) is 1.31. The van der Waals surface area contributed by atoms with Crippen molar-refractivity contribution >= 4 is 31.8 Å². The summed E-state index contributed by atoms with van der Waals surface area (Å²) in [6, 6.07) is 1.39. The number of nitro groups is 1. The molecule has 0 fully saturated rings. The first-order valence-electron chi connectivity index (χ1n) is 3.00. The van der Waals surface area contributed by atoms with Crippen molar-refractivity contribution in [3.8, 4) is 0 Å². The van der Waals surface area contributed by atoms with E-state index < -0.39 is 4.92 Å². The minimum absolute atomic E-state index is 0.0367. The van der Waals surface area contributed by atoms with Crippen LogP contribution in [0.1, 0.15) is 0 Å². The Morgan fingerprint density at radius 3 is 3.08 bits per heavy atom. The van der Waals surface area contributed by atoms with Crippen molar-refractivity contribution in [3.63, 3.8) is 0 Å². The van der Waals surface area contributed by atoms with Crippen molar-refractivity contribution in [1.82, 2.24) is 12.9 Å². The molecule has 60 valence electrons. The van der Waals surface area contributed by atoms with E-state index in [9.17, 15) is 10.1 Å². The maximum absolute atomic E-state index is 10.3. The molecule has 6 nitrogen and oxygen atoms in total. The molecule has 0 unspecified atom stereocenters. The van der Waals surface area contributed by atoms with Gasteiger partial charge in [0.05, 0.1) is 0 Å². The first-order valence-corrected chi connectivity index (χ1v) is 4.53. The predicted molar refractivity (Wildman–Crippen MR) is 40.9 cm³/mol. The molecule has 0 bridgehead atoms. The third-order valence-corrected chi connectivity index (χ3v) is 2.43. The molecule has 2 heterocycles. The van der Waals surface area contributed by atoms with Gasteiger partial charge in [-0.1, -0.05) is 0 Å². The van der Waals surface area contributed by atoms with Crippen LogP contribution in [-0.4, -0.2) is 32.8 Å². The van der Waals surface area contributed by atoms with Crippen LogP contribution in [0, 0.1) is 10.1 Å². The zero-order valence-corrected chi connectivity index (χ0v) is 7.38. The summed E-state index contributed by atoms with van der Waals surface area (Å²) >= 11 is -0.176. The van der Waals surface area contributed by atoms with E-state index in [2.05, 4.69) is 12.9 Å². The number of hydrogen-bond acceptors (Lipinski definition) is 5. The number of aromatic nitrogens is 3. The first kappa shape index (κ1) is 7.33. The monoisotopic (exact) mass is 230 g/mol. The van der Waals surface area contributed by atoms with E-state index in [-0.39, 0.29) is 20.6 Å². The quantitative estimate of drug-likeness (QED) is 0.390. The molecule has 2 aromatic rings. The molecule has 0 aromatic carbocycles. The van der Waals surface area contributed by atoms with Crippen LogP contribution in [0.3, 0.4) is 0 Å². The van der Waals surface area contributed by atoms with Crippen molar-refractivity contribution in [1.29, 1.82) is 0 Å². The van der Waals surface area contributed by atoms with Gasteiger partial charge >= 0.3 is 72.1 Å². The van der Waals surface area contributed by atoms with Gasteiger partial charge in [0.1, 0.15) is 0 Å². The minimum atomic E-state index is -0.492. The summed E-state index contributed by atoms with van der Waals surface area (Å²) in [4.78, 5) is 13.6. The Hall–Kier alpha value is -1.33. The summed E-state index contributed by atoms with van der Waals surface area (Å²) in [5.41, 5.74) is 1.01. The van der Waals surface area contributed by atoms with Crippen molar-refractivity contribution in [2.45, 2.75) is 0 Å². The molecule has 2 aromatic heterocycles. The topological polar surface area (TPSA) is 81.8 Å². The van der Waals surface area contributed by atoms with Gasteiger partial charge in [0.25, 0.3) is 0 Å². The van der Waals surface area contributed by atoms with Crippen molar-refractivity contribution in [2.75, 3.05) is 0 Å². The number of pyridine rings is 1. The Balaban J connectivity index is 2.68. The number of rotatable bonds is 1. The predicted octanol–water partition coefficient (Wildman–Crippen LogP) is -0.0100. The van der Waals surface area contributed by atoms with Crippen molar-refractivity contribution in [3.05, 3.63) is 22.4 Å². The summed E-state index contributed by atoms with van der Waals surface area (Å²) in [5, 5.41) is 10.3. The van der Waals surface area contributed by atoms with Crippen LogP contribution >= 0.6 is 0 Å². The normalized spacial score (nSPS) is 10.3. The van der Waals surface area contributed by atoms with E-state index in [0.29, 0.717) is 11.2 Å². The fraction of sp³-hybridized carbons (Fsp3) is 0. The Morgan fingerprint density at radius 1 is 1.50 bits per heavy atom. The Bertz CT molecular complexity index is 440. The number of hydrogen-bond donors (Lipinski definition) is 0. The van der Waals surface area contributed by atoms with Gasteiger partial charge in [0, 0.05) is 0 Å². The molecule has 0 spiro atoms. The second-order valence-corrected chi connectivity index (χ2v) is 3.17. The SMILES string of the molecule is O=[N+]([O-])c1cnc2n[se]nc2c1. The van der Waals surface area contributed by atoms with E-state index in [1.165, 1.54) is 12.3 Å². The van der Waals surface area contributed by atoms with E-state index in [4.69, 9.17) is 0 Å². The van der Waals surface area contributed by atoms with Crippen LogP contribution in [0.2, 0.25) is 0 Å². The van der Waals surface area contributed by atoms with E-state index in [1.807, 2.05) is 0 Å². The van der Waals surface area contributed by atoms with Gasteiger partial charge in [-0.2, -0.15) is 0 Å². The van der Waals surface area contributed by atoms with Crippen LogP contribution in [0.25, 0.3) is 11.2 Å². The molecule has 2 rings (SSSR count). The van der Waals surface area contributed by atoms with Crippen LogP contribution in [0.5, 0.6) is 0 Å². The standard InChI is InChI=1S/C5H2N4O2Se/c10-9(11)3-1-4-5(6-2-3)8-12-7-4/h1-2H. The molecule has 0 amide bonds. The molecule has 0 aliphatic carbocycles. The van der Waals surface area contributed by atoms with Gasteiger partial charge in [-0.3, -0.25) is 0 Å². The van der Waals surface area contributed by atoms with Crippen LogP contribution in [-0.2, 0) is 0 Å². The molecule has 0 aliphatic rings. The van der Waals surface area contributed by atoms with Crippen molar-refractivity contribution in [2.24, 2.45) is 0 Å². The third kappa shape index (κ3) is 1.09. The fourth-order valence-electron chi connectivity index (χ4n) is 0.776. The molecule has 7 heteroatoms. The molecule has 0 N–H and O–H groups in total. The van der Waals surface area contributed by atoms with Crippen LogP contribution in [0.4, 0.5) is 5.69 Å². The molecule has 0 saturated heterocycles. The molecule has 12 heavy (non-hydrogen) atoms. The summed E-state index contributed by atoms with van der Waals surface area (Å²) in [6.07, 6.45) is 1.19. The average molecular weight is 229 g/mol. The second-order valence-electron chi connectivity index (χ2n) is 2.06. The van der Waals surface area contributed by atoms with Gasteiger partial charge in [-0.25, -0.2) is 0 Å². The van der Waals surface area contributed by atoms with Crippen molar-refractivity contribution < 1.29 is 4.92 Å². The van der Waals surface area contributed by atoms with E-state index in [1.54, 1.807) is 0 Å². The summed E-state index contributed by atoms with van der Waals surface area (Å²) < 4.78 is 7.93. The summed E-state index contributed by atoms with van der Waals surface area (Å²) in [5.74, 6) is 0.